The van der Waals surface area contributed by atoms with Crippen molar-refractivity contribution in [2.24, 2.45) is 0 Å². The molecule has 0 amide bonds. The van der Waals surface area contributed by atoms with Gasteiger partial charge < -0.3 is 10.1 Å². The molecule has 0 fully saturated rings. The van der Waals surface area contributed by atoms with E-state index in [-0.39, 0.29) is 6.04 Å². The first-order valence-corrected chi connectivity index (χ1v) is 7.22. The molecular weight excluding hydrogens is 270 g/mol. The van der Waals surface area contributed by atoms with E-state index in [0.29, 0.717) is 6.61 Å². The second-order valence-corrected chi connectivity index (χ2v) is 5.27. The normalized spacial score (nSPS) is 12.2. The van der Waals surface area contributed by atoms with Gasteiger partial charge in [0.1, 0.15) is 12.4 Å². The molecule has 3 heteroatoms. The topological polar surface area (TPSA) is 21.3 Å². The average molecular weight is 290 g/mol. The van der Waals surface area contributed by atoms with E-state index in [4.69, 9.17) is 16.3 Å². The number of benzene rings is 2. The fourth-order valence-corrected chi connectivity index (χ4v) is 2.39. The molecule has 0 radical (unpaired) electrons. The summed E-state index contributed by atoms with van der Waals surface area (Å²) in [6.45, 7) is 5.58. The fraction of sp³-hybridized carbons (Fsp3) is 0.294. The van der Waals surface area contributed by atoms with Gasteiger partial charge in [-0.2, -0.15) is 0 Å². The van der Waals surface area contributed by atoms with Crippen molar-refractivity contribution in [1.82, 2.24) is 5.32 Å². The number of ether oxygens (including phenoxy) is 1. The molecule has 0 aliphatic rings. The molecule has 0 heterocycles. The Hall–Kier alpha value is -1.51. The van der Waals surface area contributed by atoms with Crippen LogP contribution >= 0.6 is 11.6 Å². The maximum Gasteiger partial charge on any atom is 0.119 e. The summed E-state index contributed by atoms with van der Waals surface area (Å²) < 4.78 is 5.71. The number of halogens is 1. The van der Waals surface area contributed by atoms with Crippen molar-refractivity contribution in [3.8, 4) is 5.75 Å². The Labute approximate surface area is 125 Å². The highest BCUT2D eigenvalue weighted by atomic mass is 35.5. The van der Waals surface area contributed by atoms with E-state index in [0.717, 1.165) is 22.9 Å². The summed E-state index contributed by atoms with van der Waals surface area (Å²) in [5.41, 5.74) is 2.32. The zero-order valence-corrected chi connectivity index (χ0v) is 12.7. The van der Waals surface area contributed by atoms with Gasteiger partial charge >= 0.3 is 0 Å². The van der Waals surface area contributed by atoms with Gasteiger partial charge in [0.05, 0.1) is 0 Å². The summed E-state index contributed by atoms with van der Waals surface area (Å²) >= 11 is 6.17. The molecule has 1 unspecified atom stereocenters. The molecule has 0 aliphatic heterocycles. The first kappa shape index (κ1) is 14.9. The standard InChI is InChI=1S/C17H20ClNO/c1-13-6-5-7-15(12-13)20-11-10-19-14(2)16-8-3-4-9-17(16)18/h3-9,12,14,19H,10-11H2,1-2H3. The zero-order valence-electron chi connectivity index (χ0n) is 11.9. The van der Waals surface area contributed by atoms with Crippen LogP contribution in [0, 0.1) is 6.92 Å². The van der Waals surface area contributed by atoms with Crippen LogP contribution in [0.15, 0.2) is 48.5 Å². The molecule has 2 aromatic carbocycles. The van der Waals surface area contributed by atoms with Crippen molar-refractivity contribution >= 4 is 11.6 Å². The lowest BCUT2D eigenvalue weighted by Crippen LogP contribution is -2.24. The van der Waals surface area contributed by atoms with E-state index in [9.17, 15) is 0 Å². The Morgan fingerprint density at radius 3 is 2.70 bits per heavy atom. The van der Waals surface area contributed by atoms with Crippen LogP contribution in [0.1, 0.15) is 24.1 Å². The Morgan fingerprint density at radius 2 is 1.95 bits per heavy atom. The van der Waals surface area contributed by atoms with Crippen LogP contribution in [0.4, 0.5) is 0 Å². The molecule has 2 rings (SSSR count). The third kappa shape index (κ3) is 4.26. The highest BCUT2D eigenvalue weighted by Crippen LogP contribution is 2.21. The van der Waals surface area contributed by atoms with E-state index >= 15 is 0 Å². The largest absolute Gasteiger partial charge is 0.492 e. The van der Waals surface area contributed by atoms with E-state index < -0.39 is 0 Å². The summed E-state index contributed by atoms with van der Waals surface area (Å²) in [6, 6.07) is 16.2. The predicted molar refractivity (Wildman–Crippen MR) is 84.5 cm³/mol. The van der Waals surface area contributed by atoms with Gasteiger partial charge in [-0.25, -0.2) is 0 Å². The Bertz CT molecular complexity index is 556. The monoisotopic (exact) mass is 289 g/mol. The van der Waals surface area contributed by atoms with Gasteiger partial charge in [0.25, 0.3) is 0 Å². The molecule has 0 spiro atoms. The maximum absolute atomic E-state index is 6.17. The molecule has 1 N–H and O–H groups in total. The minimum Gasteiger partial charge on any atom is -0.492 e. The summed E-state index contributed by atoms with van der Waals surface area (Å²) in [5.74, 6) is 0.914. The Balaban J connectivity index is 1.77. The average Bonchev–Trinajstić information content (AvgIpc) is 2.44. The van der Waals surface area contributed by atoms with Gasteiger partial charge in [-0.3, -0.25) is 0 Å². The van der Waals surface area contributed by atoms with E-state index in [1.165, 1.54) is 5.56 Å². The quantitative estimate of drug-likeness (QED) is 0.797. The first-order valence-electron chi connectivity index (χ1n) is 6.84. The Morgan fingerprint density at radius 1 is 1.15 bits per heavy atom. The molecule has 0 bridgehead atoms. The lowest BCUT2D eigenvalue weighted by molar-refractivity contribution is 0.307. The third-order valence-corrected chi connectivity index (χ3v) is 3.53. The first-order chi connectivity index (χ1) is 9.66. The van der Waals surface area contributed by atoms with Gasteiger partial charge in [0, 0.05) is 17.6 Å². The second kappa shape index (κ2) is 7.32. The lowest BCUT2D eigenvalue weighted by Gasteiger charge is -2.16. The van der Waals surface area contributed by atoms with Gasteiger partial charge in [-0.15, -0.1) is 0 Å². The van der Waals surface area contributed by atoms with Gasteiger partial charge in [-0.05, 0) is 43.2 Å². The highest BCUT2D eigenvalue weighted by Gasteiger charge is 2.07. The summed E-state index contributed by atoms with van der Waals surface area (Å²) in [7, 11) is 0. The highest BCUT2D eigenvalue weighted by molar-refractivity contribution is 6.31. The molecule has 1 atom stereocenters. The second-order valence-electron chi connectivity index (χ2n) is 4.86. The minimum atomic E-state index is 0.213. The molecule has 0 saturated heterocycles. The van der Waals surface area contributed by atoms with E-state index in [2.05, 4.69) is 25.2 Å². The summed E-state index contributed by atoms with van der Waals surface area (Å²) in [4.78, 5) is 0. The van der Waals surface area contributed by atoms with Gasteiger partial charge in [-0.1, -0.05) is 41.9 Å². The number of hydrogen-bond acceptors (Lipinski definition) is 2. The van der Waals surface area contributed by atoms with E-state index in [1.54, 1.807) is 0 Å². The number of rotatable bonds is 6. The van der Waals surface area contributed by atoms with Crippen LogP contribution in [0.25, 0.3) is 0 Å². The lowest BCUT2D eigenvalue weighted by atomic mass is 10.1. The molecule has 106 valence electrons. The van der Waals surface area contributed by atoms with Crippen LogP contribution in [-0.4, -0.2) is 13.2 Å². The van der Waals surface area contributed by atoms with Crippen molar-refractivity contribution in [2.45, 2.75) is 19.9 Å². The minimum absolute atomic E-state index is 0.213. The van der Waals surface area contributed by atoms with Crippen molar-refractivity contribution < 1.29 is 4.74 Å². The van der Waals surface area contributed by atoms with Crippen molar-refractivity contribution in [2.75, 3.05) is 13.2 Å². The summed E-state index contributed by atoms with van der Waals surface area (Å²) in [6.07, 6.45) is 0. The van der Waals surface area contributed by atoms with Crippen LogP contribution in [0.5, 0.6) is 5.75 Å². The predicted octanol–water partition coefficient (Wildman–Crippen LogP) is 4.38. The van der Waals surface area contributed by atoms with Gasteiger partial charge in [0.15, 0.2) is 0 Å². The van der Waals surface area contributed by atoms with Gasteiger partial charge in [0.2, 0.25) is 0 Å². The van der Waals surface area contributed by atoms with Crippen LogP contribution in [-0.2, 0) is 0 Å². The molecular formula is C17H20ClNO. The molecule has 0 saturated carbocycles. The molecule has 2 nitrogen and oxygen atoms in total. The molecule has 0 aliphatic carbocycles. The summed E-state index contributed by atoms with van der Waals surface area (Å²) in [5, 5.41) is 4.21. The molecule has 0 aromatic heterocycles. The molecule has 20 heavy (non-hydrogen) atoms. The van der Waals surface area contributed by atoms with Crippen molar-refractivity contribution in [3.05, 3.63) is 64.7 Å². The molecule has 2 aromatic rings. The number of nitrogens with one attached hydrogen (secondary N) is 1. The Kier molecular flexibility index (Phi) is 5.45. The third-order valence-electron chi connectivity index (χ3n) is 3.18. The fourth-order valence-electron chi connectivity index (χ4n) is 2.09. The number of hydrogen-bond donors (Lipinski definition) is 1. The van der Waals surface area contributed by atoms with Crippen molar-refractivity contribution in [3.63, 3.8) is 0 Å². The van der Waals surface area contributed by atoms with Crippen molar-refractivity contribution in [1.29, 1.82) is 0 Å². The van der Waals surface area contributed by atoms with Crippen LogP contribution in [0.3, 0.4) is 0 Å². The number of aryl methyl sites for hydroxylation is 1. The zero-order chi connectivity index (χ0) is 14.4. The van der Waals surface area contributed by atoms with Crippen LogP contribution in [0.2, 0.25) is 5.02 Å². The van der Waals surface area contributed by atoms with E-state index in [1.807, 2.05) is 42.5 Å². The smallest absolute Gasteiger partial charge is 0.119 e. The maximum atomic E-state index is 6.17. The van der Waals surface area contributed by atoms with Crippen LogP contribution < -0.4 is 10.1 Å². The SMILES string of the molecule is Cc1cccc(OCCNC(C)c2ccccc2Cl)c1.